The lowest BCUT2D eigenvalue weighted by atomic mass is 10.1. The van der Waals surface area contributed by atoms with Crippen molar-refractivity contribution in [3.8, 4) is 0 Å². The SMILES string of the molecule is CC(C)(C)NCc1cccc(NC2CC2)n1. The monoisotopic (exact) mass is 219 g/mol. The average Bonchev–Trinajstić information content (AvgIpc) is 2.98. The Labute approximate surface area is 97.7 Å². The first-order valence-corrected chi connectivity index (χ1v) is 6.00. The second-order valence-electron chi connectivity index (χ2n) is 5.54. The molecule has 0 aliphatic heterocycles. The van der Waals surface area contributed by atoms with Crippen molar-refractivity contribution in [1.29, 1.82) is 0 Å². The van der Waals surface area contributed by atoms with Gasteiger partial charge in [0, 0.05) is 18.1 Å². The molecule has 1 aromatic heterocycles. The van der Waals surface area contributed by atoms with Crippen molar-refractivity contribution in [2.75, 3.05) is 5.32 Å². The van der Waals surface area contributed by atoms with Crippen molar-refractivity contribution in [1.82, 2.24) is 10.3 Å². The molecule has 1 heterocycles. The van der Waals surface area contributed by atoms with Crippen molar-refractivity contribution in [3.05, 3.63) is 23.9 Å². The first-order chi connectivity index (χ1) is 7.53. The summed E-state index contributed by atoms with van der Waals surface area (Å²) >= 11 is 0. The predicted octanol–water partition coefficient (Wildman–Crippen LogP) is 2.54. The Morgan fingerprint density at radius 3 is 2.69 bits per heavy atom. The minimum Gasteiger partial charge on any atom is -0.367 e. The Morgan fingerprint density at radius 2 is 2.06 bits per heavy atom. The van der Waals surface area contributed by atoms with Crippen LogP contribution in [-0.2, 0) is 6.54 Å². The van der Waals surface area contributed by atoms with Gasteiger partial charge in [0.15, 0.2) is 0 Å². The molecule has 0 spiro atoms. The van der Waals surface area contributed by atoms with Gasteiger partial charge in [0.2, 0.25) is 0 Å². The highest BCUT2D eigenvalue weighted by atomic mass is 15.1. The standard InChI is InChI=1S/C13H21N3/c1-13(2,3)14-9-11-5-4-6-12(16-11)15-10-7-8-10/h4-6,10,14H,7-9H2,1-3H3,(H,15,16). The van der Waals surface area contributed by atoms with Crippen LogP contribution in [-0.4, -0.2) is 16.6 Å². The fourth-order valence-electron chi connectivity index (χ4n) is 1.45. The molecule has 1 aliphatic rings. The molecule has 0 bridgehead atoms. The van der Waals surface area contributed by atoms with E-state index >= 15 is 0 Å². The van der Waals surface area contributed by atoms with E-state index in [9.17, 15) is 0 Å². The first-order valence-electron chi connectivity index (χ1n) is 6.00. The van der Waals surface area contributed by atoms with Crippen molar-refractivity contribution >= 4 is 5.82 Å². The topological polar surface area (TPSA) is 37.0 Å². The Kier molecular flexibility index (Phi) is 3.15. The Hall–Kier alpha value is -1.09. The molecule has 2 N–H and O–H groups in total. The molecule has 1 fully saturated rings. The predicted molar refractivity (Wildman–Crippen MR) is 67.5 cm³/mol. The molecular weight excluding hydrogens is 198 g/mol. The van der Waals surface area contributed by atoms with Crippen molar-refractivity contribution in [3.63, 3.8) is 0 Å². The summed E-state index contributed by atoms with van der Waals surface area (Å²) in [6.07, 6.45) is 2.57. The largest absolute Gasteiger partial charge is 0.367 e. The van der Waals surface area contributed by atoms with Crippen LogP contribution in [0.5, 0.6) is 0 Å². The van der Waals surface area contributed by atoms with E-state index in [2.05, 4.69) is 48.5 Å². The molecule has 2 rings (SSSR count). The lowest BCUT2D eigenvalue weighted by Gasteiger charge is -2.20. The summed E-state index contributed by atoms with van der Waals surface area (Å²) in [7, 11) is 0. The number of hydrogen-bond acceptors (Lipinski definition) is 3. The van der Waals surface area contributed by atoms with E-state index in [1.54, 1.807) is 0 Å². The summed E-state index contributed by atoms with van der Waals surface area (Å²) in [5, 5.41) is 6.86. The zero-order valence-corrected chi connectivity index (χ0v) is 10.4. The molecule has 16 heavy (non-hydrogen) atoms. The molecule has 0 aromatic carbocycles. The van der Waals surface area contributed by atoms with Crippen LogP contribution in [0.25, 0.3) is 0 Å². The highest BCUT2D eigenvalue weighted by Crippen LogP contribution is 2.23. The van der Waals surface area contributed by atoms with E-state index in [1.807, 2.05) is 6.07 Å². The summed E-state index contributed by atoms with van der Waals surface area (Å²) in [6, 6.07) is 6.84. The summed E-state index contributed by atoms with van der Waals surface area (Å²) in [4.78, 5) is 4.58. The summed E-state index contributed by atoms with van der Waals surface area (Å²) in [5.41, 5.74) is 1.24. The maximum absolute atomic E-state index is 4.58. The lowest BCUT2D eigenvalue weighted by Crippen LogP contribution is -2.35. The molecule has 1 aromatic rings. The fraction of sp³-hybridized carbons (Fsp3) is 0.615. The van der Waals surface area contributed by atoms with Gasteiger partial charge in [-0.15, -0.1) is 0 Å². The fourth-order valence-corrected chi connectivity index (χ4v) is 1.45. The molecule has 0 unspecified atom stereocenters. The molecule has 3 heteroatoms. The van der Waals surface area contributed by atoms with Crippen LogP contribution in [0.1, 0.15) is 39.3 Å². The van der Waals surface area contributed by atoms with Gasteiger partial charge in [0.25, 0.3) is 0 Å². The average molecular weight is 219 g/mol. The van der Waals surface area contributed by atoms with Gasteiger partial charge in [-0.05, 0) is 45.7 Å². The van der Waals surface area contributed by atoms with Gasteiger partial charge < -0.3 is 10.6 Å². The molecule has 1 saturated carbocycles. The van der Waals surface area contributed by atoms with Crippen molar-refractivity contribution in [2.45, 2.75) is 51.7 Å². The maximum atomic E-state index is 4.58. The van der Waals surface area contributed by atoms with Crippen molar-refractivity contribution in [2.24, 2.45) is 0 Å². The van der Waals surface area contributed by atoms with E-state index in [4.69, 9.17) is 0 Å². The van der Waals surface area contributed by atoms with Crippen LogP contribution < -0.4 is 10.6 Å². The third-order valence-electron chi connectivity index (χ3n) is 2.54. The molecule has 0 saturated heterocycles. The van der Waals surface area contributed by atoms with Crippen LogP contribution in [0.4, 0.5) is 5.82 Å². The van der Waals surface area contributed by atoms with Crippen LogP contribution in [0.15, 0.2) is 18.2 Å². The van der Waals surface area contributed by atoms with Gasteiger partial charge >= 0.3 is 0 Å². The smallest absolute Gasteiger partial charge is 0.126 e. The van der Waals surface area contributed by atoms with Gasteiger partial charge in [0.1, 0.15) is 5.82 Å². The van der Waals surface area contributed by atoms with Crippen LogP contribution in [0.3, 0.4) is 0 Å². The number of rotatable bonds is 4. The van der Waals surface area contributed by atoms with Gasteiger partial charge in [-0.3, -0.25) is 0 Å². The molecular formula is C13H21N3. The lowest BCUT2D eigenvalue weighted by molar-refractivity contribution is 0.421. The summed E-state index contributed by atoms with van der Waals surface area (Å²) < 4.78 is 0. The van der Waals surface area contributed by atoms with E-state index in [0.29, 0.717) is 6.04 Å². The Bertz CT molecular complexity index is 350. The summed E-state index contributed by atoms with van der Waals surface area (Å²) in [5.74, 6) is 1.01. The normalized spacial score (nSPS) is 16.2. The molecule has 0 atom stereocenters. The van der Waals surface area contributed by atoms with Crippen LogP contribution in [0, 0.1) is 0 Å². The number of nitrogens with one attached hydrogen (secondary N) is 2. The number of hydrogen-bond donors (Lipinski definition) is 2. The highest BCUT2D eigenvalue weighted by molar-refractivity contribution is 5.37. The molecule has 1 aliphatic carbocycles. The van der Waals surface area contributed by atoms with Crippen molar-refractivity contribution < 1.29 is 0 Å². The quantitative estimate of drug-likeness (QED) is 0.817. The van der Waals surface area contributed by atoms with Crippen LogP contribution in [0.2, 0.25) is 0 Å². The zero-order chi connectivity index (χ0) is 11.6. The molecule has 0 amide bonds. The molecule has 0 radical (unpaired) electrons. The van der Waals surface area contributed by atoms with Gasteiger partial charge in [-0.2, -0.15) is 0 Å². The number of anilines is 1. The number of aromatic nitrogens is 1. The van der Waals surface area contributed by atoms with E-state index in [1.165, 1.54) is 12.8 Å². The summed E-state index contributed by atoms with van der Waals surface area (Å²) in [6.45, 7) is 7.32. The third-order valence-corrected chi connectivity index (χ3v) is 2.54. The zero-order valence-electron chi connectivity index (χ0n) is 10.4. The minimum absolute atomic E-state index is 0.140. The highest BCUT2D eigenvalue weighted by Gasteiger charge is 2.21. The first kappa shape index (κ1) is 11.4. The minimum atomic E-state index is 0.140. The van der Waals surface area contributed by atoms with E-state index in [0.717, 1.165) is 18.1 Å². The second-order valence-corrected chi connectivity index (χ2v) is 5.54. The van der Waals surface area contributed by atoms with Gasteiger partial charge in [0.05, 0.1) is 5.69 Å². The Balaban J connectivity index is 1.92. The van der Waals surface area contributed by atoms with E-state index < -0.39 is 0 Å². The molecule has 3 nitrogen and oxygen atoms in total. The second kappa shape index (κ2) is 4.42. The Morgan fingerprint density at radius 1 is 1.31 bits per heavy atom. The number of nitrogens with zero attached hydrogens (tertiary/aromatic N) is 1. The van der Waals surface area contributed by atoms with Gasteiger partial charge in [-0.25, -0.2) is 4.98 Å². The van der Waals surface area contributed by atoms with E-state index in [-0.39, 0.29) is 5.54 Å². The maximum Gasteiger partial charge on any atom is 0.126 e. The van der Waals surface area contributed by atoms with Crippen LogP contribution >= 0.6 is 0 Å². The molecule has 88 valence electrons. The number of pyridine rings is 1. The van der Waals surface area contributed by atoms with Gasteiger partial charge in [-0.1, -0.05) is 6.07 Å². The third kappa shape index (κ3) is 3.81.